The molecule has 0 aromatic heterocycles. The summed E-state index contributed by atoms with van der Waals surface area (Å²) in [6.07, 6.45) is 3.76. The first-order valence-corrected chi connectivity index (χ1v) is 3.72. The second-order valence-electron chi connectivity index (χ2n) is 2.79. The van der Waals surface area contributed by atoms with Gasteiger partial charge in [0.2, 0.25) is 6.41 Å². The Morgan fingerprint density at radius 1 is 1.64 bits per heavy atom. The highest BCUT2D eigenvalue weighted by Crippen LogP contribution is 2.17. The fourth-order valence-corrected chi connectivity index (χ4v) is 0.877. The lowest BCUT2D eigenvalue weighted by Crippen LogP contribution is -2.45. The number of hydrogen-bond acceptors (Lipinski definition) is 2. The molecule has 3 amide bonds. The van der Waals surface area contributed by atoms with E-state index >= 15 is 0 Å². The first-order chi connectivity index (χ1) is 5.24. The Morgan fingerprint density at radius 3 is 2.64 bits per heavy atom. The van der Waals surface area contributed by atoms with Crippen molar-refractivity contribution in [2.45, 2.75) is 25.3 Å². The van der Waals surface area contributed by atoms with Crippen molar-refractivity contribution in [2.24, 2.45) is 0 Å². The van der Waals surface area contributed by atoms with Crippen molar-refractivity contribution in [3.05, 3.63) is 0 Å². The van der Waals surface area contributed by atoms with E-state index in [1.165, 1.54) is 13.5 Å². The van der Waals surface area contributed by atoms with E-state index in [2.05, 4.69) is 5.32 Å². The van der Waals surface area contributed by atoms with Gasteiger partial charge < -0.3 is 5.32 Å². The maximum atomic E-state index is 11.0. The van der Waals surface area contributed by atoms with E-state index in [4.69, 9.17) is 0 Å². The Balaban J connectivity index is 2.24. The average Bonchev–Trinajstić information content (AvgIpc) is 1.94. The molecule has 0 atom stereocenters. The zero-order valence-electron chi connectivity index (χ0n) is 6.54. The summed E-state index contributed by atoms with van der Waals surface area (Å²) in [7, 11) is 1.45. The lowest BCUT2D eigenvalue weighted by atomic mass is 9.93. The molecule has 1 saturated carbocycles. The number of nitrogens with one attached hydrogen (secondary N) is 1. The summed E-state index contributed by atoms with van der Waals surface area (Å²) in [5.41, 5.74) is 0. The number of urea groups is 1. The Hall–Kier alpha value is -1.06. The molecule has 0 bridgehead atoms. The van der Waals surface area contributed by atoms with Crippen LogP contribution in [0.2, 0.25) is 0 Å². The highest BCUT2D eigenvalue weighted by atomic mass is 16.2. The summed E-state index contributed by atoms with van der Waals surface area (Å²) in [5, 5.41) is 2.72. The van der Waals surface area contributed by atoms with Crippen LogP contribution in [-0.4, -0.2) is 30.4 Å². The molecule has 0 radical (unpaired) electrons. The Bertz CT molecular complexity index is 166. The predicted molar refractivity (Wildman–Crippen MR) is 40.0 cm³/mol. The molecular formula is C7H12N2O2. The van der Waals surface area contributed by atoms with Crippen LogP contribution in [0.15, 0.2) is 0 Å². The largest absolute Gasteiger partial charge is 0.335 e. The summed E-state index contributed by atoms with van der Waals surface area (Å²) < 4.78 is 0. The minimum Gasteiger partial charge on any atom is -0.335 e. The van der Waals surface area contributed by atoms with E-state index in [9.17, 15) is 9.59 Å². The van der Waals surface area contributed by atoms with Crippen molar-refractivity contribution in [3.63, 3.8) is 0 Å². The Labute approximate surface area is 65.6 Å². The van der Waals surface area contributed by atoms with Gasteiger partial charge in [-0.3, -0.25) is 9.69 Å². The van der Waals surface area contributed by atoms with Gasteiger partial charge in [-0.15, -0.1) is 0 Å². The van der Waals surface area contributed by atoms with Gasteiger partial charge in [-0.05, 0) is 19.3 Å². The van der Waals surface area contributed by atoms with Gasteiger partial charge in [0.05, 0.1) is 0 Å². The second kappa shape index (κ2) is 3.37. The van der Waals surface area contributed by atoms with Crippen molar-refractivity contribution in [1.82, 2.24) is 10.2 Å². The van der Waals surface area contributed by atoms with E-state index in [-0.39, 0.29) is 6.03 Å². The number of nitrogens with zero attached hydrogens (tertiary/aromatic N) is 1. The zero-order valence-corrected chi connectivity index (χ0v) is 6.54. The predicted octanol–water partition coefficient (Wildman–Crippen LogP) is 0.337. The standard InChI is InChI=1S/C7H12N2O2/c1-9(5-10)7(11)8-6-3-2-4-6/h5-6H,2-4H2,1H3,(H,8,11). The maximum Gasteiger partial charge on any atom is 0.323 e. The topological polar surface area (TPSA) is 49.4 Å². The van der Waals surface area contributed by atoms with Gasteiger partial charge in [-0.1, -0.05) is 0 Å². The summed E-state index contributed by atoms with van der Waals surface area (Å²) in [5.74, 6) is 0. The van der Waals surface area contributed by atoms with Crippen LogP contribution < -0.4 is 5.32 Å². The molecule has 0 heterocycles. The first-order valence-electron chi connectivity index (χ1n) is 3.72. The summed E-state index contributed by atoms with van der Waals surface area (Å²) >= 11 is 0. The highest BCUT2D eigenvalue weighted by molar-refractivity contribution is 5.84. The summed E-state index contributed by atoms with van der Waals surface area (Å²) in [4.78, 5) is 22.1. The van der Waals surface area contributed by atoms with Crippen LogP contribution in [0, 0.1) is 0 Å². The van der Waals surface area contributed by atoms with Crippen LogP contribution in [0.25, 0.3) is 0 Å². The molecule has 4 nitrogen and oxygen atoms in total. The van der Waals surface area contributed by atoms with Crippen molar-refractivity contribution >= 4 is 12.4 Å². The molecule has 11 heavy (non-hydrogen) atoms. The van der Waals surface area contributed by atoms with Crippen molar-refractivity contribution in [2.75, 3.05) is 7.05 Å². The van der Waals surface area contributed by atoms with Crippen LogP contribution in [0.3, 0.4) is 0 Å². The third-order valence-electron chi connectivity index (χ3n) is 1.91. The normalized spacial score (nSPS) is 16.8. The molecule has 0 aromatic carbocycles. The van der Waals surface area contributed by atoms with Gasteiger partial charge in [0.1, 0.15) is 0 Å². The molecule has 0 unspecified atom stereocenters. The SMILES string of the molecule is CN(C=O)C(=O)NC1CCC1. The average molecular weight is 156 g/mol. The number of imide groups is 1. The number of carbonyl (C=O) groups is 2. The quantitative estimate of drug-likeness (QED) is 0.586. The molecule has 0 aliphatic heterocycles. The Morgan fingerprint density at radius 2 is 2.27 bits per heavy atom. The monoisotopic (exact) mass is 156 g/mol. The molecule has 0 saturated heterocycles. The number of amides is 3. The van der Waals surface area contributed by atoms with Gasteiger partial charge in [0.15, 0.2) is 0 Å². The molecule has 62 valence electrons. The highest BCUT2D eigenvalue weighted by Gasteiger charge is 2.20. The van der Waals surface area contributed by atoms with Gasteiger partial charge in [-0.25, -0.2) is 4.79 Å². The lowest BCUT2D eigenvalue weighted by molar-refractivity contribution is -0.114. The maximum absolute atomic E-state index is 11.0. The molecule has 0 spiro atoms. The molecule has 0 aromatic rings. The summed E-state index contributed by atoms with van der Waals surface area (Å²) in [6, 6.07) is -0.00500. The molecule has 4 heteroatoms. The summed E-state index contributed by atoms with van der Waals surface area (Å²) in [6.45, 7) is 0. The van der Waals surface area contributed by atoms with Gasteiger partial charge >= 0.3 is 6.03 Å². The molecular weight excluding hydrogens is 144 g/mol. The van der Waals surface area contributed by atoms with Crippen LogP contribution in [0.4, 0.5) is 4.79 Å². The van der Waals surface area contributed by atoms with Gasteiger partial charge in [0.25, 0.3) is 0 Å². The van der Waals surface area contributed by atoms with Crippen molar-refractivity contribution in [3.8, 4) is 0 Å². The molecule has 1 aliphatic carbocycles. The molecule has 1 fully saturated rings. The minimum atomic E-state index is -0.301. The molecule has 1 aliphatic rings. The second-order valence-corrected chi connectivity index (χ2v) is 2.79. The minimum absolute atomic E-state index is 0.296. The fraction of sp³-hybridized carbons (Fsp3) is 0.714. The fourth-order valence-electron chi connectivity index (χ4n) is 0.877. The third kappa shape index (κ3) is 1.93. The Kier molecular flexibility index (Phi) is 2.46. The van der Waals surface area contributed by atoms with Crippen LogP contribution >= 0.6 is 0 Å². The van der Waals surface area contributed by atoms with E-state index in [0.29, 0.717) is 12.5 Å². The number of hydrogen-bond donors (Lipinski definition) is 1. The van der Waals surface area contributed by atoms with Crippen molar-refractivity contribution < 1.29 is 9.59 Å². The van der Waals surface area contributed by atoms with E-state index in [1.807, 2.05) is 0 Å². The van der Waals surface area contributed by atoms with Crippen LogP contribution in [-0.2, 0) is 4.79 Å². The number of rotatable bonds is 2. The van der Waals surface area contributed by atoms with Crippen LogP contribution in [0.1, 0.15) is 19.3 Å². The van der Waals surface area contributed by atoms with Crippen LogP contribution in [0.5, 0.6) is 0 Å². The first kappa shape index (κ1) is 8.04. The van der Waals surface area contributed by atoms with Gasteiger partial charge in [-0.2, -0.15) is 0 Å². The van der Waals surface area contributed by atoms with Crippen molar-refractivity contribution in [1.29, 1.82) is 0 Å². The number of carbonyl (C=O) groups excluding carboxylic acids is 2. The molecule has 1 N–H and O–H groups in total. The van der Waals surface area contributed by atoms with E-state index in [0.717, 1.165) is 17.7 Å². The zero-order chi connectivity index (χ0) is 8.27. The lowest BCUT2D eigenvalue weighted by Gasteiger charge is -2.27. The molecule has 1 rings (SSSR count). The van der Waals surface area contributed by atoms with E-state index < -0.39 is 0 Å². The van der Waals surface area contributed by atoms with E-state index in [1.54, 1.807) is 0 Å². The smallest absolute Gasteiger partial charge is 0.323 e. The van der Waals surface area contributed by atoms with Gasteiger partial charge in [0, 0.05) is 13.1 Å². The third-order valence-corrected chi connectivity index (χ3v) is 1.91.